The van der Waals surface area contributed by atoms with E-state index >= 15 is 0 Å². The molecule has 3 N–H and O–H groups in total. The van der Waals surface area contributed by atoms with Gasteiger partial charge in [-0.05, 0) is 12.1 Å². The Morgan fingerprint density at radius 2 is 1.79 bits per heavy atom. The average molecular weight is 291 g/mol. The van der Waals surface area contributed by atoms with E-state index in [0.717, 1.165) is 18.3 Å². The topological polar surface area (TPSA) is 88.8 Å². The number of hydrogen-bond acceptors (Lipinski definition) is 4. The minimum atomic E-state index is -4.78. The summed E-state index contributed by atoms with van der Waals surface area (Å²) in [4.78, 5) is -1.33. The van der Waals surface area contributed by atoms with Crippen LogP contribution in [0.15, 0.2) is 40.3 Å². The molecular formula is C10H8F3N3O2S. The van der Waals surface area contributed by atoms with Gasteiger partial charge in [-0.15, -0.1) is 0 Å². The molecule has 2 aromatic rings. The average Bonchev–Trinajstić information content (AvgIpc) is 2.75. The van der Waals surface area contributed by atoms with Crippen LogP contribution in [0.3, 0.4) is 0 Å². The van der Waals surface area contributed by atoms with E-state index in [1.807, 2.05) is 0 Å². The highest BCUT2D eigenvalue weighted by Crippen LogP contribution is 2.36. The molecule has 1 heterocycles. The molecule has 0 aliphatic rings. The third-order valence-electron chi connectivity index (χ3n) is 2.40. The van der Waals surface area contributed by atoms with Crippen molar-refractivity contribution in [2.45, 2.75) is 16.0 Å². The van der Waals surface area contributed by atoms with E-state index in [2.05, 4.69) is 10.2 Å². The predicted octanol–water partition coefficient (Wildman–Crippen LogP) is 1.84. The van der Waals surface area contributed by atoms with Crippen molar-refractivity contribution in [3.8, 4) is 0 Å². The van der Waals surface area contributed by atoms with E-state index in [9.17, 15) is 21.6 Å². The molecule has 0 aliphatic carbocycles. The first-order chi connectivity index (χ1) is 8.74. The SMILES string of the molecule is Nc1[nH]ncc1S(=O)(=O)c1ccccc1C(F)(F)F. The van der Waals surface area contributed by atoms with Crippen molar-refractivity contribution in [1.29, 1.82) is 0 Å². The number of nitrogen functional groups attached to an aromatic ring is 1. The third kappa shape index (κ3) is 2.28. The number of anilines is 1. The minimum Gasteiger partial charge on any atom is -0.383 e. The summed E-state index contributed by atoms with van der Waals surface area (Å²) >= 11 is 0. The Morgan fingerprint density at radius 1 is 1.16 bits per heavy atom. The van der Waals surface area contributed by atoms with Crippen LogP contribution < -0.4 is 5.73 Å². The summed E-state index contributed by atoms with van der Waals surface area (Å²) in [5.41, 5.74) is 4.10. The highest BCUT2D eigenvalue weighted by atomic mass is 32.2. The van der Waals surface area contributed by atoms with E-state index in [0.29, 0.717) is 6.07 Å². The van der Waals surface area contributed by atoms with Gasteiger partial charge in [-0.1, -0.05) is 12.1 Å². The van der Waals surface area contributed by atoms with E-state index in [-0.39, 0.29) is 5.82 Å². The van der Waals surface area contributed by atoms with Crippen molar-refractivity contribution in [3.63, 3.8) is 0 Å². The van der Waals surface area contributed by atoms with Gasteiger partial charge < -0.3 is 5.73 Å². The zero-order valence-electron chi connectivity index (χ0n) is 9.27. The van der Waals surface area contributed by atoms with Crippen molar-refractivity contribution >= 4 is 15.7 Å². The lowest BCUT2D eigenvalue weighted by Gasteiger charge is -2.12. The zero-order chi connectivity index (χ0) is 14.3. The summed E-state index contributed by atoms with van der Waals surface area (Å²) in [5, 5.41) is 5.56. The Balaban J connectivity index is 2.70. The van der Waals surface area contributed by atoms with Crippen molar-refractivity contribution in [3.05, 3.63) is 36.0 Å². The number of alkyl halides is 3. The second-order valence-corrected chi connectivity index (χ2v) is 5.53. The van der Waals surface area contributed by atoms with Crippen LogP contribution in [-0.4, -0.2) is 18.6 Å². The standard InChI is InChI=1S/C10H8F3N3O2S/c11-10(12,13)6-3-1-2-4-7(6)19(17,18)8-5-15-16-9(8)14/h1-5H,(H3,14,15,16). The van der Waals surface area contributed by atoms with E-state index < -0.39 is 31.4 Å². The molecule has 0 saturated heterocycles. The quantitative estimate of drug-likeness (QED) is 0.883. The molecule has 0 saturated carbocycles. The molecule has 9 heteroatoms. The van der Waals surface area contributed by atoms with Gasteiger partial charge in [0.1, 0.15) is 10.7 Å². The number of halogens is 3. The summed E-state index contributed by atoms with van der Waals surface area (Å²) in [5.74, 6) is -0.308. The molecule has 2 rings (SSSR count). The first-order valence-electron chi connectivity index (χ1n) is 4.95. The lowest BCUT2D eigenvalue weighted by atomic mass is 10.2. The maximum Gasteiger partial charge on any atom is 0.417 e. The third-order valence-corrected chi connectivity index (χ3v) is 4.24. The largest absolute Gasteiger partial charge is 0.417 e. The smallest absolute Gasteiger partial charge is 0.383 e. The van der Waals surface area contributed by atoms with Crippen LogP contribution in [0.4, 0.5) is 19.0 Å². The molecule has 1 aromatic carbocycles. The molecule has 0 radical (unpaired) electrons. The molecule has 0 atom stereocenters. The molecule has 102 valence electrons. The van der Waals surface area contributed by atoms with Gasteiger partial charge in [-0.25, -0.2) is 8.42 Å². The van der Waals surface area contributed by atoms with Crippen LogP contribution in [0.2, 0.25) is 0 Å². The number of benzene rings is 1. The number of aromatic amines is 1. The molecular weight excluding hydrogens is 283 g/mol. The van der Waals surface area contributed by atoms with Gasteiger partial charge in [-0.2, -0.15) is 18.3 Å². The molecule has 0 spiro atoms. The Bertz CT molecular complexity index is 707. The van der Waals surface area contributed by atoms with E-state index in [4.69, 9.17) is 5.73 Å². The number of rotatable bonds is 2. The monoisotopic (exact) mass is 291 g/mol. The van der Waals surface area contributed by atoms with E-state index in [1.54, 1.807) is 0 Å². The number of hydrogen-bond donors (Lipinski definition) is 2. The van der Waals surface area contributed by atoms with Gasteiger partial charge in [0.2, 0.25) is 9.84 Å². The highest BCUT2D eigenvalue weighted by Gasteiger charge is 2.38. The van der Waals surface area contributed by atoms with E-state index in [1.165, 1.54) is 6.07 Å². The van der Waals surface area contributed by atoms with Gasteiger partial charge in [0, 0.05) is 0 Å². The van der Waals surface area contributed by atoms with Crippen LogP contribution in [0.25, 0.3) is 0 Å². The second-order valence-electron chi connectivity index (χ2n) is 3.65. The number of H-pyrrole nitrogens is 1. The number of sulfone groups is 1. The number of nitrogens with zero attached hydrogens (tertiary/aromatic N) is 1. The highest BCUT2D eigenvalue weighted by molar-refractivity contribution is 7.91. The molecule has 5 nitrogen and oxygen atoms in total. The van der Waals surface area contributed by atoms with Gasteiger partial charge in [-0.3, -0.25) is 5.10 Å². The Morgan fingerprint density at radius 3 is 2.32 bits per heavy atom. The number of nitrogens with one attached hydrogen (secondary N) is 1. The summed E-state index contributed by atoms with van der Waals surface area (Å²) in [6.45, 7) is 0. The molecule has 0 aliphatic heterocycles. The normalized spacial score (nSPS) is 12.6. The van der Waals surface area contributed by atoms with Crippen LogP contribution in [0.1, 0.15) is 5.56 Å². The maximum absolute atomic E-state index is 12.8. The first kappa shape index (κ1) is 13.4. The van der Waals surface area contributed by atoms with Crippen LogP contribution in [0, 0.1) is 0 Å². The van der Waals surface area contributed by atoms with Crippen LogP contribution in [-0.2, 0) is 16.0 Å². The zero-order valence-corrected chi connectivity index (χ0v) is 10.1. The Hall–Kier alpha value is -2.03. The van der Waals surface area contributed by atoms with Gasteiger partial charge >= 0.3 is 6.18 Å². The minimum absolute atomic E-state index is 0.308. The molecule has 1 aromatic heterocycles. The van der Waals surface area contributed by atoms with Crippen molar-refractivity contribution in [2.24, 2.45) is 0 Å². The van der Waals surface area contributed by atoms with Crippen LogP contribution >= 0.6 is 0 Å². The Labute approximate surface area is 106 Å². The fourth-order valence-corrected chi connectivity index (χ4v) is 3.05. The summed E-state index contributed by atoms with van der Waals surface area (Å²) < 4.78 is 62.7. The molecule has 19 heavy (non-hydrogen) atoms. The summed E-state index contributed by atoms with van der Waals surface area (Å²) in [6, 6.07) is 3.90. The van der Waals surface area contributed by atoms with Crippen molar-refractivity contribution in [1.82, 2.24) is 10.2 Å². The van der Waals surface area contributed by atoms with Gasteiger partial charge in [0.15, 0.2) is 0 Å². The van der Waals surface area contributed by atoms with Gasteiger partial charge in [0.05, 0.1) is 16.7 Å². The molecule has 0 fully saturated rings. The molecule has 0 unspecified atom stereocenters. The number of aromatic nitrogens is 2. The van der Waals surface area contributed by atoms with Crippen molar-refractivity contribution in [2.75, 3.05) is 5.73 Å². The lowest BCUT2D eigenvalue weighted by Crippen LogP contribution is -2.13. The Kier molecular flexibility index (Phi) is 3.01. The lowest BCUT2D eigenvalue weighted by molar-refractivity contribution is -0.139. The second kappa shape index (κ2) is 4.26. The van der Waals surface area contributed by atoms with Crippen LogP contribution in [0.5, 0.6) is 0 Å². The fraction of sp³-hybridized carbons (Fsp3) is 0.100. The first-order valence-corrected chi connectivity index (χ1v) is 6.43. The van der Waals surface area contributed by atoms with Gasteiger partial charge in [0.25, 0.3) is 0 Å². The summed E-state index contributed by atoms with van der Waals surface area (Å²) in [6.07, 6.45) is -3.90. The van der Waals surface area contributed by atoms with Crippen molar-refractivity contribution < 1.29 is 21.6 Å². The molecule has 0 bridgehead atoms. The summed E-state index contributed by atoms with van der Waals surface area (Å²) in [7, 11) is -4.38. The maximum atomic E-state index is 12.8. The fourth-order valence-electron chi connectivity index (χ4n) is 1.55. The molecule has 0 amide bonds. The number of nitrogens with two attached hydrogens (primary N) is 1. The predicted molar refractivity (Wildman–Crippen MR) is 59.9 cm³/mol.